The number of thiazole rings is 1. The number of nitrogens with one attached hydrogen (secondary N) is 2. The molecule has 0 amide bonds. The van der Waals surface area contributed by atoms with Crippen molar-refractivity contribution in [1.29, 1.82) is 0 Å². The van der Waals surface area contributed by atoms with Gasteiger partial charge < -0.3 is 19.8 Å². The number of benzene rings is 1. The molecule has 0 bridgehead atoms. The number of fused-ring (bicyclic) bond motifs is 1. The molecule has 2 aromatic heterocycles. The van der Waals surface area contributed by atoms with Crippen molar-refractivity contribution in [3.63, 3.8) is 0 Å². The molecule has 1 aromatic carbocycles. The van der Waals surface area contributed by atoms with Crippen molar-refractivity contribution in [2.24, 2.45) is 0 Å². The molecule has 0 spiro atoms. The van der Waals surface area contributed by atoms with E-state index < -0.39 is 0 Å². The normalized spacial score (nSPS) is 10.8. The number of aromatic nitrogens is 2. The van der Waals surface area contributed by atoms with Crippen molar-refractivity contribution in [3.8, 4) is 22.8 Å². The lowest BCUT2D eigenvalue weighted by molar-refractivity contribution is 0.398. The van der Waals surface area contributed by atoms with Crippen LogP contribution in [0.3, 0.4) is 0 Å². The Morgan fingerprint density at radius 3 is 2.75 bits per heavy atom. The van der Waals surface area contributed by atoms with E-state index in [4.69, 9.17) is 9.47 Å². The molecule has 3 aromatic rings. The van der Waals surface area contributed by atoms with Gasteiger partial charge in [-0.2, -0.15) is 0 Å². The van der Waals surface area contributed by atoms with Gasteiger partial charge in [-0.25, -0.2) is 4.98 Å². The maximum atomic E-state index is 5.48. The zero-order valence-corrected chi connectivity index (χ0v) is 12.3. The lowest BCUT2D eigenvalue weighted by Gasteiger charge is -2.07. The van der Waals surface area contributed by atoms with Crippen molar-refractivity contribution in [2.75, 3.05) is 26.6 Å². The molecule has 3 rings (SSSR count). The fraction of sp³-hybridized carbons (Fsp3) is 0.214. The smallest absolute Gasteiger partial charge is 0.182 e. The number of H-pyrrole nitrogens is 1. The SMILES string of the molecule is CNc1nc(-c2c[nH]c3cc(OC)cc(OC)c23)cs1. The molecular weight excluding hydrogens is 274 g/mol. The third-order valence-electron chi connectivity index (χ3n) is 3.17. The van der Waals surface area contributed by atoms with E-state index in [1.54, 1.807) is 25.6 Å². The predicted octanol–water partition coefficient (Wildman–Crippen LogP) is 3.35. The number of anilines is 1. The fourth-order valence-electron chi connectivity index (χ4n) is 2.20. The van der Waals surface area contributed by atoms with Gasteiger partial charge in [-0.15, -0.1) is 11.3 Å². The van der Waals surface area contributed by atoms with Crippen LogP contribution in [0.4, 0.5) is 5.13 Å². The molecule has 0 aliphatic rings. The molecule has 0 radical (unpaired) electrons. The van der Waals surface area contributed by atoms with Crippen molar-refractivity contribution in [2.45, 2.75) is 0 Å². The van der Waals surface area contributed by atoms with E-state index in [-0.39, 0.29) is 0 Å². The average molecular weight is 289 g/mol. The van der Waals surface area contributed by atoms with Gasteiger partial charge in [0.05, 0.1) is 30.8 Å². The summed E-state index contributed by atoms with van der Waals surface area (Å²) in [5.74, 6) is 1.53. The van der Waals surface area contributed by atoms with Gasteiger partial charge in [0, 0.05) is 36.3 Å². The standard InChI is InChI=1S/C14H15N3O2S/c1-15-14-17-11(7-20-14)9-6-16-10-4-8(18-2)5-12(19-3)13(9)10/h4-7,16H,1-3H3,(H,15,17). The van der Waals surface area contributed by atoms with Gasteiger partial charge in [0.25, 0.3) is 0 Å². The molecule has 0 aliphatic carbocycles. The molecule has 0 saturated heterocycles. The second-order valence-corrected chi connectivity index (χ2v) is 5.10. The fourth-order valence-corrected chi connectivity index (χ4v) is 2.87. The van der Waals surface area contributed by atoms with Crippen LogP contribution >= 0.6 is 11.3 Å². The third-order valence-corrected chi connectivity index (χ3v) is 4.03. The first kappa shape index (κ1) is 12.8. The van der Waals surface area contributed by atoms with Crippen molar-refractivity contribution < 1.29 is 9.47 Å². The summed E-state index contributed by atoms with van der Waals surface area (Å²) in [5, 5.41) is 6.98. The zero-order valence-electron chi connectivity index (χ0n) is 11.5. The first-order valence-electron chi connectivity index (χ1n) is 6.13. The van der Waals surface area contributed by atoms with Crippen molar-refractivity contribution in [3.05, 3.63) is 23.7 Å². The Hall–Kier alpha value is -2.21. The van der Waals surface area contributed by atoms with Crippen LogP contribution in [0.25, 0.3) is 22.2 Å². The van der Waals surface area contributed by atoms with Crippen molar-refractivity contribution in [1.82, 2.24) is 9.97 Å². The average Bonchev–Trinajstić information content (AvgIpc) is 3.11. The molecular formula is C14H15N3O2S. The number of ether oxygens (including phenoxy) is 2. The summed E-state index contributed by atoms with van der Waals surface area (Å²) in [4.78, 5) is 7.79. The molecule has 0 aliphatic heterocycles. The van der Waals surface area contributed by atoms with E-state index in [0.717, 1.165) is 38.8 Å². The van der Waals surface area contributed by atoms with E-state index in [2.05, 4.69) is 15.3 Å². The summed E-state index contributed by atoms with van der Waals surface area (Å²) in [5.41, 5.74) is 2.92. The van der Waals surface area contributed by atoms with E-state index >= 15 is 0 Å². The van der Waals surface area contributed by atoms with Crippen LogP contribution in [0.5, 0.6) is 11.5 Å². The van der Waals surface area contributed by atoms with E-state index in [9.17, 15) is 0 Å². The van der Waals surface area contributed by atoms with Gasteiger partial charge in [-0.1, -0.05) is 0 Å². The molecule has 0 saturated carbocycles. The number of methoxy groups -OCH3 is 2. The molecule has 0 fully saturated rings. The Balaban J connectivity index is 2.21. The molecule has 2 heterocycles. The second-order valence-electron chi connectivity index (χ2n) is 4.24. The summed E-state index contributed by atoms with van der Waals surface area (Å²) >= 11 is 1.58. The topological polar surface area (TPSA) is 59.2 Å². The molecule has 104 valence electrons. The maximum Gasteiger partial charge on any atom is 0.182 e. The van der Waals surface area contributed by atoms with Crippen LogP contribution in [0.15, 0.2) is 23.7 Å². The van der Waals surface area contributed by atoms with Crippen LogP contribution in [0.2, 0.25) is 0 Å². The Labute approximate surface area is 120 Å². The molecule has 6 heteroatoms. The summed E-state index contributed by atoms with van der Waals surface area (Å²) in [7, 11) is 5.17. The Bertz CT molecular complexity index is 748. The largest absolute Gasteiger partial charge is 0.497 e. The van der Waals surface area contributed by atoms with E-state index in [1.165, 1.54) is 0 Å². The first-order chi connectivity index (χ1) is 9.76. The zero-order chi connectivity index (χ0) is 14.1. The number of rotatable bonds is 4. The van der Waals surface area contributed by atoms with Gasteiger partial charge in [0.2, 0.25) is 0 Å². The number of hydrogen-bond donors (Lipinski definition) is 2. The Kier molecular flexibility index (Phi) is 3.23. The van der Waals surface area contributed by atoms with Crippen LogP contribution in [0.1, 0.15) is 0 Å². The van der Waals surface area contributed by atoms with Gasteiger partial charge in [-0.05, 0) is 0 Å². The summed E-state index contributed by atoms with van der Waals surface area (Å²) in [6.45, 7) is 0. The predicted molar refractivity (Wildman–Crippen MR) is 82.1 cm³/mol. The second kappa shape index (κ2) is 5.05. The highest BCUT2D eigenvalue weighted by atomic mass is 32.1. The molecule has 0 atom stereocenters. The summed E-state index contributed by atoms with van der Waals surface area (Å²) in [6, 6.07) is 3.83. The quantitative estimate of drug-likeness (QED) is 0.773. The molecule has 5 nitrogen and oxygen atoms in total. The highest BCUT2D eigenvalue weighted by Gasteiger charge is 2.15. The Morgan fingerprint density at radius 1 is 1.25 bits per heavy atom. The minimum Gasteiger partial charge on any atom is -0.497 e. The van der Waals surface area contributed by atoms with Crippen LogP contribution in [-0.4, -0.2) is 31.2 Å². The van der Waals surface area contributed by atoms with Crippen LogP contribution in [0, 0.1) is 0 Å². The van der Waals surface area contributed by atoms with Crippen molar-refractivity contribution >= 4 is 27.4 Å². The maximum absolute atomic E-state index is 5.48. The lowest BCUT2D eigenvalue weighted by Crippen LogP contribution is -1.89. The van der Waals surface area contributed by atoms with Crippen LogP contribution < -0.4 is 14.8 Å². The summed E-state index contributed by atoms with van der Waals surface area (Å²) < 4.78 is 10.8. The van der Waals surface area contributed by atoms with Gasteiger partial charge in [0.1, 0.15) is 11.5 Å². The van der Waals surface area contributed by atoms with Gasteiger partial charge >= 0.3 is 0 Å². The molecule has 0 unspecified atom stereocenters. The first-order valence-corrected chi connectivity index (χ1v) is 7.01. The third kappa shape index (κ3) is 1.98. The minimum absolute atomic E-state index is 0.761. The Morgan fingerprint density at radius 2 is 2.10 bits per heavy atom. The van der Waals surface area contributed by atoms with Gasteiger partial charge in [0.15, 0.2) is 5.13 Å². The summed E-state index contributed by atoms with van der Waals surface area (Å²) in [6.07, 6.45) is 1.95. The highest BCUT2D eigenvalue weighted by molar-refractivity contribution is 7.14. The number of nitrogens with zero attached hydrogens (tertiary/aromatic N) is 1. The van der Waals surface area contributed by atoms with E-state index in [1.807, 2.05) is 30.8 Å². The lowest BCUT2D eigenvalue weighted by atomic mass is 10.1. The monoisotopic (exact) mass is 289 g/mol. The van der Waals surface area contributed by atoms with Crippen LogP contribution in [-0.2, 0) is 0 Å². The number of hydrogen-bond acceptors (Lipinski definition) is 5. The molecule has 20 heavy (non-hydrogen) atoms. The van der Waals surface area contributed by atoms with Gasteiger partial charge in [-0.3, -0.25) is 0 Å². The van der Waals surface area contributed by atoms with E-state index in [0.29, 0.717) is 0 Å². The minimum atomic E-state index is 0.761. The highest BCUT2D eigenvalue weighted by Crippen LogP contribution is 2.38. The molecule has 2 N–H and O–H groups in total. The number of aromatic amines is 1.